The molecule has 1 N–H and O–H groups in total. The fraction of sp³-hybridized carbons (Fsp3) is 0.778. The van der Waals surface area contributed by atoms with Crippen LogP contribution in [0.2, 0.25) is 0 Å². The summed E-state index contributed by atoms with van der Waals surface area (Å²) in [5.41, 5.74) is 0. The third kappa shape index (κ3) is 15.2. The third-order valence-electron chi connectivity index (χ3n) is 3.38. The van der Waals surface area contributed by atoms with E-state index in [0.29, 0.717) is 0 Å². The van der Waals surface area contributed by atoms with Crippen molar-refractivity contribution in [1.29, 1.82) is 0 Å². The van der Waals surface area contributed by atoms with E-state index in [1.54, 1.807) is 0 Å². The highest BCUT2D eigenvalue weighted by Crippen LogP contribution is 2.11. The third-order valence-corrected chi connectivity index (χ3v) is 3.38. The van der Waals surface area contributed by atoms with Crippen molar-refractivity contribution >= 4 is 0 Å². The van der Waals surface area contributed by atoms with Crippen molar-refractivity contribution in [3.63, 3.8) is 0 Å². The predicted octanol–water partition coefficient (Wildman–Crippen LogP) is 5.24. The first-order valence-corrected chi connectivity index (χ1v) is 8.10. The summed E-state index contributed by atoms with van der Waals surface area (Å²) in [4.78, 5) is 0. The Kier molecular flexibility index (Phi) is 14.7. The van der Waals surface area contributed by atoms with E-state index in [-0.39, 0.29) is 0 Å². The van der Waals surface area contributed by atoms with Gasteiger partial charge in [-0.2, -0.15) is 0 Å². The van der Waals surface area contributed by atoms with Crippen molar-refractivity contribution in [2.45, 2.75) is 90.1 Å². The van der Waals surface area contributed by atoms with Gasteiger partial charge in [0.05, 0.1) is 0 Å². The van der Waals surface area contributed by atoms with Crippen LogP contribution in [0, 0.1) is 11.8 Å². The molecule has 0 bridgehead atoms. The van der Waals surface area contributed by atoms with Crippen molar-refractivity contribution in [1.82, 2.24) is 0 Å². The van der Waals surface area contributed by atoms with Gasteiger partial charge in [0.25, 0.3) is 0 Å². The highest BCUT2D eigenvalue weighted by atomic mass is 16.3. The van der Waals surface area contributed by atoms with E-state index in [1.165, 1.54) is 70.3 Å². The molecule has 0 fully saturated rings. The van der Waals surface area contributed by atoms with Gasteiger partial charge in [0, 0.05) is 6.42 Å². The Morgan fingerprint density at radius 2 is 1.37 bits per heavy atom. The fourth-order valence-corrected chi connectivity index (χ4v) is 2.11. The second-order valence-corrected chi connectivity index (χ2v) is 5.29. The van der Waals surface area contributed by atoms with Gasteiger partial charge < -0.3 is 5.11 Å². The van der Waals surface area contributed by atoms with E-state index in [0.717, 1.165) is 12.8 Å². The van der Waals surface area contributed by atoms with Gasteiger partial charge in [-0.15, -0.1) is 5.92 Å². The van der Waals surface area contributed by atoms with Crippen LogP contribution in [-0.2, 0) is 0 Å². The molecule has 0 aromatic rings. The van der Waals surface area contributed by atoms with Crippen LogP contribution < -0.4 is 0 Å². The SMILES string of the molecule is C=C[C@@H](O)C#CCCCCCCCCCCCCC. The molecule has 110 valence electrons. The minimum Gasteiger partial charge on any atom is -0.377 e. The first-order valence-electron chi connectivity index (χ1n) is 8.10. The standard InChI is InChI=1S/C18H32O/c1-3-5-6-7-8-9-10-11-12-13-14-15-16-17-18(19)4-2/h4,18-19H,2-3,5-15H2,1H3/t18-/m1/s1. The highest BCUT2D eigenvalue weighted by molar-refractivity contribution is 5.10. The highest BCUT2D eigenvalue weighted by Gasteiger charge is 1.92. The number of hydrogen-bond donors (Lipinski definition) is 1. The molecule has 0 amide bonds. The van der Waals surface area contributed by atoms with Gasteiger partial charge in [0.15, 0.2) is 0 Å². The second-order valence-electron chi connectivity index (χ2n) is 5.29. The van der Waals surface area contributed by atoms with E-state index >= 15 is 0 Å². The Morgan fingerprint density at radius 1 is 0.895 bits per heavy atom. The lowest BCUT2D eigenvalue weighted by molar-refractivity contribution is 0.281. The molecule has 0 aromatic carbocycles. The zero-order valence-electron chi connectivity index (χ0n) is 12.8. The average Bonchev–Trinajstić information content (AvgIpc) is 2.43. The summed E-state index contributed by atoms with van der Waals surface area (Å²) in [6, 6.07) is 0. The first-order chi connectivity index (χ1) is 9.31. The molecule has 1 nitrogen and oxygen atoms in total. The molecule has 0 heterocycles. The molecular formula is C18H32O. The molecule has 0 radical (unpaired) electrons. The van der Waals surface area contributed by atoms with Gasteiger partial charge in [-0.05, 0) is 6.42 Å². The second kappa shape index (κ2) is 15.3. The zero-order valence-corrected chi connectivity index (χ0v) is 12.8. The summed E-state index contributed by atoms with van der Waals surface area (Å²) in [6.07, 6.45) is 16.7. The van der Waals surface area contributed by atoms with Crippen LogP contribution >= 0.6 is 0 Å². The van der Waals surface area contributed by atoms with Crippen LogP contribution in [0.4, 0.5) is 0 Å². The van der Waals surface area contributed by atoms with Gasteiger partial charge in [-0.25, -0.2) is 0 Å². The van der Waals surface area contributed by atoms with Crippen LogP contribution in [0.3, 0.4) is 0 Å². The molecule has 0 saturated carbocycles. The molecule has 0 spiro atoms. The van der Waals surface area contributed by atoms with Gasteiger partial charge in [-0.3, -0.25) is 0 Å². The van der Waals surface area contributed by atoms with Crippen molar-refractivity contribution < 1.29 is 5.11 Å². The minimum absolute atomic E-state index is 0.646. The maximum Gasteiger partial charge on any atom is 0.133 e. The fourth-order valence-electron chi connectivity index (χ4n) is 2.11. The lowest BCUT2D eigenvalue weighted by atomic mass is 10.1. The molecule has 0 saturated heterocycles. The lowest BCUT2D eigenvalue weighted by Crippen LogP contribution is -1.94. The topological polar surface area (TPSA) is 20.2 Å². The van der Waals surface area contributed by atoms with Gasteiger partial charge in [0.1, 0.15) is 6.10 Å². The number of aliphatic hydroxyl groups is 1. The Bertz CT molecular complexity index is 246. The van der Waals surface area contributed by atoms with Gasteiger partial charge >= 0.3 is 0 Å². The molecular weight excluding hydrogens is 232 g/mol. The molecule has 19 heavy (non-hydrogen) atoms. The number of rotatable bonds is 12. The average molecular weight is 264 g/mol. The number of hydrogen-bond acceptors (Lipinski definition) is 1. The van der Waals surface area contributed by atoms with Crippen molar-refractivity contribution in [2.24, 2.45) is 0 Å². The Hall–Kier alpha value is -0.740. The van der Waals surface area contributed by atoms with Crippen LogP contribution in [0.25, 0.3) is 0 Å². The summed E-state index contributed by atoms with van der Waals surface area (Å²) >= 11 is 0. The Balaban J connectivity index is 3.10. The normalized spacial score (nSPS) is 11.7. The first kappa shape index (κ1) is 18.3. The van der Waals surface area contributed by atoms with Crippen molar-refractivity contribution in [3.05, 3.63) is 12.7 Å². The summed E-state index contributed by atoms with van der Waals surface area (Å²) in [6.45, 7) is 5.75. The van der Waals surface area contributed by atoms with E-state index in [1.807, 2.05) is 0 Å². The molecule has 0 aromatic heterocycles. The maximum atomic E-state index is 9.14. The molecule has 0 unspecified atom stereocenters. The van der Waals surface area contributed by atoms with Crippen LogP contribution in [0.5, 0.6) is 0 Å². The molecule has 0 rings (SSSR count). The Labute approximate surface area is 120 Å². The van der Waals surface area contributed by atoms with E-state index < -0.39 is 6.10 Å². The quantitative estimate of drug-likeness (QED) is 0.290. The van der Waals surface area contributed by atoms with Crippen LogP contribution in [0.1, 0.15) is 84.0 Å². The molecule has 0 aliphatic rings. The largest absolute Gasteiger partial charge is 0.377 e. The lowest BCUT2D eigenvalue weighted by Gasteiger charge is -2.01. The van der Waals surface area contributed by atoms with E-state index in [9.17, 15) is 0 Å². The van der Waals surface area contributed by atoms with Crippen molar-refractivity contribution in [2.75, 3.05) is 0 Å². The number of aliphatic hydroxyl groups excluding tert-OH is 1. The van der Waals surface area contributed by atoms with E-state index in [4.69, 9.17) is 5.11 Å². The molecule has 1 heteroatoms. The smallest absolute Gasteiger partial charge is 0.133 e. The zero-order chi connectivity index (χ0) is 14.2. The monoisotopic (exact) mass is 264 g/mol. The predicted molar refractivity (Wildman–Crippen MR) is 85.1 cm³/mol. The van der Waals surface area contributed by atoms with Crippen molar-refractivity contribution in [3.8, 4) is 11.8 Å². The van der Waals surface area contributed by atoms with Crippen LogP contribution in [-0.4, -0.2) is 11.2 Å². The summed E-state index contributed by atoms with van der Waals surface area (Å²) < 4.78 is 0. The summed E-state index contributed by atoms with van der Waals surface area (Å²) in [5, 5.41) is 9.14. The van der Waals surface area contributed by atoms with Crippen LogP contribution in [0.15, 0.2) is 12.7 Å². The molecule has 0 aliphatic carbocycles. The van der Waals surface area contributed by atoms with Gasteiger partial charge in [0.2, 0.25) is 0 Å². The van der Waals surface area contributed by atoms with Gasteiger partial charge in [-0.1, -0.05) is 89.7 Å². The maximum absolute atomic E-state index is 9.14. The summed E-state index contributed by atoms with van der Waals surface area (Å²) in [7, 11) is 0. The van der Waals surface area contributed by atoms with E-state index in [2.05, 4.69) is 25.3 Å². The molecule has 0 aliphatic heterocycles. The Morgan fingerprint density at radius 3 is 1.84 bits per heavy atom. The summed E-state index contributed by atoms with van der Waals surface area (Å²) in [5.74, 6) is 5.75. The molecule has 1 atom stereocenters. The number of unbranched alkanes of at least 4 members (excludes halogenated alkanes) is 11. The minimum atomic E-state index is -0.646.